The van der Waals surface area contributed by atoms with Crippen LogP contribution in [0.3, 0.4) is 0 Å². The number of nitrogens with one attached hydrogen (secondary N) is 1. The van der Waals surface area contributed by atoms with Gasteiger partial charge in [-0.2, -0.15) is 18.3 Å². The van der Waals surface area contributed by atoms with Gasteiger partial charge in [0.1, 0.15) is 12.0 Å². The fraction of sp³-hybridized carbons (Fsp3) is 0.261. The summed E-state index contributed by atoms with van der Waals surface area (Å²) in [5.74, 6) is -0.678. The predicted molar refractivity (Wildman–Crippen MR) is 124 cm³/mol. The molecule has 188 valence electrons. The lowest BCUT2D eigenvalue weighted by Gasteiger charge is -2.13. The van der Waals surface area contributed by atoms with Crippen molar-refractivity contribution in [3.63, 3.8) is 0 Å². The fourth-order valence-corrected chi connectivity index (χ4v) is 4.02. The second-order valence-electron chi connectivity index (χ2n) is 7.79. The number of carbonyl (C=O) groups excluding carboxylic acids is 1. The van der Waals surface area contributed by atoms with E-state index in [1.165, 1.54) is 31.6 Å². The number of rotatable bonds is 7. The summed E-state index contributed by atoms with van der Waals surface area (Å²) in [6.45, 7) is 3.09. The topological polar surface area (TPSA) is 119 Å². The molecule has 3 aromatic heterocycles. The van der Waals surface area contributed by atoms with Crippen LogP contribution < -0.4 is 5.32 Å². The summed E-state index contributed by atoms with van der Waals surface area (Å²) in [6.07, 6.45) is -2.28. The quantitative estimate of drug-likeness (QED) is 0.369. The lowest BCUT2D eigenvalue weighted by atomic mass is 9.98. The summed E-state index contributed by atoms with van der Waals surface area (Å²) < 4.78 is 48.5. The summed E-state index contributed by atoms with van der Waals surface area (Å²) >= 11 is 6.55. The molecule has 3 heterocycles. The number of aromatic nitrogens is 5. The highest BCUT2D eigenvalue weighted by Gasteiger charge is 2.41. The average molecular weight is 521 g/mol. The van der Waals surface area contributed by atoms with Crippen molar-refractivity contribution in [1.82, 2.24) is 30.2 Å². The minimum atomic E-state index is -4.83. The van der Waals surface area contributed by atoms with E-state index in [4.69, 9.17) is 16.1 Å². The molecule has 4 aromatic rings. The summed E-state index contributed by atoms with van der Waals surface area (Å²) in [5.41, 5.74) is -0.697. The molecule has 0 aliphatic heterocycles. The van der Waals surface area contributed by atoms with Gasteiger partial charge in [-0.3, -0.25) is 9.48 Å². The maximum atomic E-state index is 14.1. The molecule has 13 heteroatoms. The molecule has 9 nitrogen and oxygen atoms in total. The first kappa shape index (κ1) is 25.3. The number of aliphatic hydroxyl groups is 1. The second-order valence-corrected chi connectivity index (χ2v) is 8.17. The molecule has 36 heavy (non-hydrogen) atoms. The van der Waals surface area contributed by atoms with Gasteiger partial charge in [-0.05, 0) is 26.0 Å². The SMILES string of the molecule is CCNC(=O)c1cccc(-c2noc(-c3cnn(C[C@@H](C)O)c3C(F)(F)F)c2-c2ccncn2)c1Cl. The van der Waals surface area contributed by atoms with Crippen molar-refractivity contribution in [2.24, 2.45) is 0 Å². The number of hydrogen-bond acceptors (Lipinski definition) is 7. The zero-order valence-electron chi connectivity index (χ0n) is 19.0. The van der Waals surface area contributed by atoms with E-state index in [1.54, 1.807) is 19.1 Å². The van der Waals surface area contributed by atoms with Crippen molar-refractivity contribution >= 4 is 17.5 Å². The van der Waals surface area contributed by atoms with Crippen molar-refractivity contribution in [2.75, 3.05) is 6.54 Å². The summed E-state index contributed by atoms with van der Waals surface area (Å²) in [7, 11) is 0. The summed E-state index contributed by atoms with van der Waals surface area (Å²) in [5, 5.41) is 20.2. The van der Waals surface area contributed by atoms with Crippen LogP contribution in [-0.2, 0) is 12.7 Å². The number of hydrogen-bond donors (Lipinski definition) is 2. The molecule has 1 aromatic carbocycles. The Morgan fingerprint density at radius 3 is 2.69 bits per heavy atom. The first-order valence-corrected chi connectivity index (χ1v) is 11.2. The standard InChI is InChI=1S/C23H20ClF3N6O3/c1-3-29-22(35)14-6-4-5-13(18(14)24)19-17(16-7-8-28-11-30-16)20(36-32-19)15-9-31-33(10-12(2)34)21(15)23(25,26)27/h4-9,11-12,34H,3,10H2,1-2H3,(H,29,35)/t12-/m1/s1. The van der Waals surface area contributed by atoms with Crippen LogP contribution in [0, 0.1) is 0 Å². The number of carbonyl (C=O) groups is 1. The Bertz CT molecular complexity index is 1390. The normalized spacial score (nSPS) is 12.5. The van der Waals surface area contributed by atoms with Gasteiger partial charge in [-0.25, -0.2) is 9.97 Å². The van der Waals surface area contributed by atoms with Gasteiger partial charge in [0.25, 0.3) is 5.91 Å². The first-order valence-electron chi connectivity index (χ1n) is 10.8. The number of benzene rings is 1. The van der Waals surface area contributed by atoms with Crippen LogP contribution in [0.2, 0.25) is 5.02 Å². The number of aliphatic hydroxyl groups excluding tert-OH is 1. The molecule has 0 saturated carbocycles. The molecule has 0 saturated heterocycles. The molecule has 0 bridgehead atoms. The van der Waals surface area contributed by atoms with Gasteiger partial charge in [-0.1, -0.05) is 28.9 Å². The van der Waals surface area contributed by atoms with Gasteiger partial charge in [0.2, 0.25) is 0 Å². The maximum absolute atomic E-state index is 14.1. The molecular weight excluding hydrogens is 501 g/mol. The highest BCUT2D eigenvalue weighted by Crippen LogP contribution is 2.45. The minimum Gasteiger partial charge on any atom is -0.391 e. The number of halogens is 4. The molecule has 4 rings (SSSR count). The molecule has 1 atom stereocenters. The van der Waals surface area contributed by atoms with Crippen LogP contribution in [0.4, 0.5) is 13.2 Å². The third kappa shape index (κ3) is 4.82. The summed E-state index contributed by atoms with van der Waals surface area (Å²) in [6, 6.07) is 6.14. The highest BCUT2D eigenvalue weighted by atomic mass is 35.5. The third-order valence-corrected chi connectivity index (χ3v) is 5.56. The van der Waals surface area contributed by atoms with Gasteiger partial charge < -0.3 is 14.9 Å². The molecule has 0 aliphatic rings. The predicted octanol–water partition coefficient (Wildman–Crippen LogP) is 4.46. The van der Waals surface area contributed by atoms with E-state index in [0.29, 0.717) is 11.2 Å². The van der Waals surface area contributed by atoms with E-state index >= 15 is 0 Å². The molecular formula is C23H20ClF3N6O3. The van der Waals surface area contributed by atoms with Gasteiger partial charge in [-0.15, -0.1) is 0 Å². The zero-order valence-corrected chi connectivity index (χ0v) is 19.8. The van der Waals surface area contributed by atoms with Gasteiger partial charge in [0.15, 0.2) is 11.5 Å². The fourth-order valence-electron chi connectivity index (χ4n) is 3.72. The largest absolute Gasteiger partial charge is 0.433 e. The number of alkyl halides is 3. The van der Waals surface area contributed by atoms with Crippen LogP contribution >= 0.6 is 11.6 Å². The Balaban J connectivity index is 1.98. The Labute approximate surface area is 207 Å². The van der Waals surface area contributed by atoms with Crippen molar-refractivity contribution in [2.45, 2.75) is 32.7 Å². The molecule has 0 fully saturated rings. The van der Waals surface area contributed by atoms with Crippen molar-refractivity contribution in [3.8, 4) is 33.8 Å². The Morgan fingerprint density at radius 1 is 1.28 bits per heavy atom. The van der Waals surface area contributed by atoms with E-state index in [0.717, 1.165) is 6.20 Å². The van der Waals surface area contributed by atoms with Crippen LogP contribution in [0.25, 0.3) is 33.8 Å². The minimum absolute atomic E-state index is 0.0412. The summed E-state index contributed by atoms with van der Waals surface area (Å²) in [4.78, 5) is 20.5. The van der Waals surface area contributed by atoms with Gasteiger partial charge in [0, 0.05) is 18.3 Å². The highest BCUT2D eigenvalue weighted by molar-refractivity contribution is 6.36. The van der Waals surface area contributed by atoms with Crippen molar-refractivity contribution < 1.29 is 27.6 Å². The lowest BCUT2D eigenvalue weighted by Crippen LogP contribution is -2.23. The van der Waals surface area contributed by atoms with E-state index in [2.05, 4.69) is 25.5 Å². The second kappa shape index (κ2) is 10.1. The van der Waals surface area contributed by atoms with Crippen LogP contribution in [0.5, 0.6) is 0 Å². The Kier molecular flexibility index (Phi) is 7.09. The monoisotopic (exact) mass is 520 g/mol. The molecule has 1 amide bonds. The molecule has 2 N–H and O–H groups in total. The first-order chi connectivity index (χ1) is 17.1. The van der Waals surface area contributed by atoms with Gasteiger partial charge >= 0.3 is 6.18 Å². The van der Waals surface area contributed by atoms with Crippen molar-refractivity contribution in [3.05, 3.63) is 59.3 Å². The van der Waals surface area contributed by atoms with Crippen LogP contribution in [0.1, 0.15) is 29.9 Å². The molecule has 0 radical (unpaired) electrons. The Hall–Kier alpha value is -3.77. The molecule has 0 unspecified atom stereocenters. The van der Waals surface area contributed by atoms with Crippen molar-refractivity contribution in [1.29, 1.82) is 0 Å². The number of nitrogens with zero attached hydrogens (tertiary/aromatic N) is 5. The number of amides is 1. The maximum Gasteiger partial charge on any atom is 0.433 e. The lowest BCUT2D eigenvalue weighted by molar-refractivity contribution is -0.144. The van der Waals surface area contributed by atoms with E-state index in [1.807, 2.05) is 0 Å². The zero-order chi connectivity index (χ0) is 26.0. The van der Waals surface area contributed by atoms with Gasteiger partial charge in [0.05, 0.1) is 46.3 Å². The molecule has 0 aliphatic carbocycles. The third-order valence-electron chi connectivity index (χ3n) is 5.16. The molecule has 0 spiro atoms. The Morgan fingerprint density at radius 2 is 2.06 bits per heavy atom. The van der Waals surface area contributed by atoms with E-state index in [-0.39, 0.29) is 45.4 Å². The smallest absolute Gasteiger partial charge is 0.391 e. The van der Waals surface area contributed by atoms with E-state index in [9.17, 15) is 23.1 Å². The van der Waals surface area contributed by atoms with Crippen LogP contribution in [0.15, 0.2) is 47.5 Å². The van der Waals surface area contributed by atoms with E-state index < -0.39 is 29.4 Å². The van der Waals surface area contributed by atoms with Crippen LogP contribution in [-0.4, -0.2) is 48.6 Å². The average Bonchev–Trinajstić information content (AvgIpc) is 3.43.